The van der Waals surface area contributed by atoms with E-state index >= 15 is 0 Å². The van der Waals surface area contributed by atoms with E-state index in [4.69, 9.17) is 0 Å². The highest BCUT2D eigenvalue weighted by atomic mass is 16.3. The van der Waals surface area contributed by atoms with Gasteiger partial charge in [-0.1, -0.05) is 0 Å². The van der Waals surface area contributed by atoms with Crippen LogP contribution in [-0.4, -0.2) is 39.2 Å². The van der Waals surface area contributed by atoms with E-state index in [0.29, 0.717) is 5.92 Å². The number of piperidine rings is 1. The lowest BCUT2D eigenvalue weighted by Crippen LogP contribution is -2.36. The number of nitrogens with zero attached hydrogens (tertiary/aromatic N) is 2. The van der Waals surface area contributed by atoms with Crippen molar-refractivity contribution in [1.29, 1.82) is 0 Å². The Labute approximate surface area is 90.3 Å². The first-order chi connectivity index (χ1) is 7.25. The minimum Gasteiger partial charge on any atom is -0.393 e. The largest absolute Gasteiger partial charge is 0.393 e. The fourth-order valence-electron chi connectivity index (χ4n) is 2.19. The van der Waals surface area contributed by atoms with Gasteiger partial charge in [-0.15, -0.1) is 0 Å². The summed E-state index contributed by atoms with van der Waals surface area (Å²) in [5.74, 6) is 1.52. The maximum Gasteiger partial charge on any atom is 0.120 e. The van der Waals surface area contributed by atoms with E-state index in [1.807, 2.05) is 13.1 Å². The quantitative estimate of drug-likeness (QED) is 0.781. The Morgan fingerprint density at radius 1 is 1.60 bits per heavy atom. The number of aromatic amines is 1. The summed E-state index contributed by atoms with van der Waals surface area (Å²) in [5, 5.41) is 9.48. The van der Waals surface area contributed by atoms with Crippen LogP contribution in [0.4, 0.5) is 0 Å². The van der Waals surface area contributed by atoms with E-state index in [-0.39, 0.29) is 6.10 Å². The maximum absolute atomic E-state index is 9.48. The van der Waals surface area contributed by atoms with Crippen LogP contribution in [0.15, 0.2) is 12.4 Å². The number of likely N-dealkylation sites (tertiary alicyclic amines) is 1. The molecule has 1 aromatic rings. The molecule has 1 aliphatic rings. The summed E-state index contributed by atoms with van der Waals surface area (Å²) in [6.07, 6.45) is 5.68. The summed E-state index contributed by atoms with van der Waals surface area (Å²) in [4.78, 5) is 9.72. The van der Waals surface area contributed by atoms with Crippen molar-refractivity contribution in [3.8, 4) is 0 Å². The Morgan fingerprint density at radius 3 is 2.87 bits per heavy atom. The van der Waals surface area contributed by atoms with E-state index < -0.39 is 0 Å². The molecule has 4 nitrogen and oxygen atoms in total. The van der Waals surface area contributed by atoms with Gasteiger partial charge < -0.3 is 10.1 Å². The van der Waals surface area contributed by atoms with Crippen LogP contribution in [0, 0.1) is 5.92 Å². The van der Waals surface area contributed by atoms with Crippen molar-refractivity contribution < 1.29 is 5.11 Å². The van der Waals surface area contributed by atoms with Crippen LogP contribution in [0.1, 0.15) is 25.6 Å². The Kier molecular flexibility index (Phi) is 3.38. The summed E-state index contributed by atoms with van der Waals surface area (Å²) < 4.78 is 0. The first-order valence-electron chi connectivity index (χ1n) is 5.64. The summed E-state index contributed by atoms with van der Waals surface area (Å²) in [6.45, 7) is 4.93. The van der Waals surface area contributed by atoms with Gasteiger partial charge in [-0.3, -0.25) is 4.90 Å². The number of aliphatic hydroxyl groups is 1. The lowest BCUT2D eigenvalue weighted by Gasteiger charge is -2.32. The normalized spacial score (nSPS) is 21.7. The number of H-pyrrole nitrogens is 1. The molecule has 0 radical (unpaired) electrons. The summed E-state index contributed by atoms with van der Waals surface area (Å²) in [7, 11) is 0. The van der Waals surface area contributed by atoms with Gasteiger partial charge in [-0.25, -0.2) is 4.98 Å². The van der Waals surface area contributed by atoms with Gasteiger partial charge in [0.1, 0.15) is 5.82 Å². The van der Waals surface area contributed by atoms with Crippen molar-refractivity contribution in [3.63, 3.8) is 0 Å². The number of hydrogen-bond donors (Lipinski definition) is 2. The average molecular weight is 209 g/mol. The number of hydrogen-bond acceptors (Lipinski definition) is 3. The standard InChI is InChI=1S/C11H19N3O/c1-9(15)10-2-6-14(7-3-10)8-11-12-4-5-13-11/h4-5,9-10,15H,2-3,6-8H2,1H3,(H,12,13). The summed E-state index contributed by atoms with van der Waals surface area (Å²) in [5.41, 5.74) is 0. The van der Waals surface area contributed by atoms with Crippen LogP contribution in [0.3, 0.4) is 0 Å². The monoisotopic (exact) mass is 209 g/mol. The predicted octanol–water partition coefficient (Wildman–Crippen LogP) is 1.00. The topological polar surface area (TPSA) is 52.1 Å². The molecule has 1 atom stereocenters. The molecule has 0 aliphatic carbocycles. The Bertz CT molecular complexity index is 276. The zero-order chi connectivity index (χ0) is 10.7. The first-order valence-corrected chi connectivity index (χ1v) is 5.64. The molecule has 1 unspecified atom stereocenters. The minimum atomic E-state index is -0.157. The Balaban J connectivity index is 1.79. The van der Waals surface area contributed by atoms with Gasteiger partial charge >= 0.3 is 0 Å². The van der Waals surface area contributed by atoms with Gasteiger partial charge in [-0.2, -0.15) is 0 Å². The highest BCUT2D eigenvalue weighted by Crippen LogP contribution is 2.21. The lowest BCUT2D eigenvalue weighted by atomic mass is 9.92. The van der Waals surface area contributed by atoms with Crippen molar-refractivity contribution >= 4 is 0 Å². The molecule has 0 aromatic carbocycles. The van der Waals surface area contributed by atoms with Gasteiger partial charge in [0.15, 0.2) is 0 Å². The van der Waals surface area contributed by atoms with E-state index in [0.717, 1.165) is 38.3 Å². The maximum atomic E-state index is 9.48. The van der Waals surface area contributed by atoms with Crippen LogP contribution >= 0.6 is 0 Å². The smallest absolute Gasteiger partial charge is 0.120 e. The fourth-order valence-corrected chi connectivity index (χ4v) is 2.19. The van der Waals surface area contributed by atoms with Crippen molar-refractivity contribution in [1.82, 2.24) is 14.9 Å². The van der Waals surface area contributed by atoms with Gasteiger partial charge in [0.05, 0.1) is 12.6 Å². The van der Waals surface area contributed by atoms with Crippen molar-refractivity contribution in [2.24, 2.45) is 5.92 Å². The van der Waals surface area contributed by atoms with E-state index in [2.05, 4.69) is 14.9 Å². The van der Waals surface area contributed by atoms with Gasteiger partial charge in [0.25, 0.3) is 0 Å². The second kappa shape index (κ2) is 4.77. The van der Waals surface area contributed by atoms with Crippen LogP contribution in [0.2, 0.25) is 0 Å². The third-order valence-corrected chi connectivity index (χ3v) is 3.24. The molecule has 4 heteroatoms. The summed E-state index contributed by atoms with van der Waals surface area (Å²) >= 11 is 0. The van der Waals surface area contributed by atoms with Crippen LogP contribution in [0.25, 0.3) is 0 Å². The Morgan fingerprint density at radius 2 is 2.33 bits per heavy atom. The highest BCUT2D eigenvalue weighted by Gasteiger charge is 2.22. The number of rotatable bonds is 3. The number of aromatic nitrogens is 2. The Hall–Kier alpha value is -0.870. The summed E-state index contributed by atoms with van der Waals surface area (Å²) in [6, 6.07) is 0. The third-order valence-electron chi connectivity index (χ3n) is 3.24. The van der Waals surface area contributed by atoms with E-state index in [9.17, 15) is 5.11 Å². The number of imidazole rings is 1. The van der Waals surface area contributed by atoms with Crippen LogP contribution in [-0.2, 0) is 6.54 Å². The molecule has 2 heterocycles. The molecular formula is C11H19N3O. The zero-order valence-corrected chi connectivity index (χ0v) is 9.19. The van der Waals surface area contributed by atoms with E-state index in [1.165, 1.54) is 0 Å². The highest BCUT2D eigenvalue weighted by molar-refractivity contribution is 4.88. The van der Waals surface area contributed by atoms with Gasteiger partial charge in [0.2, 0.25) is 0 Å². The van der Waals surface area contributed by atoms with Crippen molar-refractivity contribution in [2.75, 3.05) is 13.1 Å². The van der Waals surface area contributed by atoms with Crippen molar-refractivity contribution in [2.45, 2.75) is 32.4 Å². The van der Waals surface area contributed by atoms with E-state index in [1.54, 1.807) is 6.20 Å². The third kappa shape index (κ3) is 2.79. The fraction of sp³-hybridized carbons (Fsp3) is 0.727. The second-order valence-electron chi connectivity index (χ2n) is 4.39. The molecule has 1 saturated heterocycles. The molecule has 1 aromatic heterocycles. The molecule has 2 N–H and O–H groups in total. The molecular weight excluding hydrogens is 190 g/mol. The first kappa shape index (κ1) is 10.6. The van der Waals surface area contributed by atoms with Crippen LogP contribution < -0.4 is 0 Å². The lowest BCUT2D eigenvalue weighted by molar-refractivity contribution is 0.0688. The predicted molar refractivity (Wildman–Crippen MR) is 58.3 cm³/mol. The average Bonchev–Trinajstić information content (AvgIpc) is 2.71. The van der Waals surface area contributed by atoms with Gasteiger partial charge in [0, 0.05) is 12.4 Å². The molecule has 0 saturated carbocycles. The molecule has 1 fully saturated rings. The molecule has 0 amide bonds. The van der Waals surface area contributed by atoms with Crippen LogP contribution in [0.5, 0.6) is 0 Å². The second-order valence-corrected chi connectivity index (χ2v) is 4.39. The zero-order valence-electron chi connectivity index (χ0n) is 9.19. The SMILES string of the molecule is CC(O)C1CCN(Cc2ncc[nH]2)CC1. The minimum absolute atomic E-state index is 0.157. The molecule has 2 rings (SSSR count). The van der Waals surface area contributed by atoms with Gasteiger partial charge in [-0.05, 0) is 38.8 Å². The molecule has 1 aliphatic heterocycles. The molecule has 15 heavy (non-hydrogen) atoms. The molecule has 0 bridgehead atoms. The molecule has 84 valence electrons. The number of nitrogens with one attached hydrogen (secondary N) is 1. The number of aliphatic hydroxyl groups excluding tert-OH is 1. The molecule has 0 spiro atoms. The van der Waals surface area contributed by atoms with Crippen molar-refractivity contribution in [3.05, 3.63) is 18.2 Å².